The van der Waals surface area contributed by atoms with Crippen molar-refractivity contribution in [2.75, 3.05) is 26.1 Å². The number of hydrogen-bond acceptors (Lipinski definition) is 8. The molecule has 1 unspecified atom stereocenters. The molecule has 1 atom stereocenters. The van der Waals surface area contributed by atoms with Gasteiger partial charge < -0.3 is 25.4 Å². The minimum Gasteiger partial charge on any atom is -0.497 e. The summed E-state index contributed by atoms with van der Waals surface area (Å²) in [5.74, 6) is 0.692. The molecule has 2 aliphatic rings. The summed E-state index contributed by atoms with van der Waals surface area (Å²) in [5.41, 5.74) is 13.0. The van der Waals surface area contributed by atoms with Crippen molar-refractivity contribution >= 4 is 17.1 Å². The van der Waals surface area contributed by atoms with Gasteiger partial charge in [-0.3, -0.25) is 10.4 Å². The van der Waals surface area contributed by atoms with E-state index in [1.165, 1.54) is 11.1 Å². The summed E-state index contributed by atoms with van der Waals surface area (Å²) < 4.78 is 12.9. The van der Waals surface area contributed by atoms with E-state index in [9.17, 15) is 0 Å². The third-order valence-corrected chi connectivity index (χ3v) is 6.52. The topological polar surface area (TPSA) is 111 Å². The van der Waals surface area contributed by atoms with E-state index in [2.05, 4.69) is 46.2 Å². The maximum atomic E-state index is 6.85. The van der Waals surface area contributed by atoms with Crippen LogP contribution >= 0.6 is 0 Å². The van der Waals surface area contributed by atoms with Gasteiger partial charge in [0.15, 0.2) is 0 Å². The lowest BCUT2D eigenvalue weighted by atomic mass is 10.00. The Balaban J connectivity index is 1.55. The van der Waals surface area contributed by atoms with Crippen LogP contribution in [0.5, 0.6) is 11.5 Å². The lowest BCUT2D eigenvalue weighted by Crippen LogP contribution is -2.50. The molecule has 1 aromatic heterocycles. The van der Waals surface area contributed by atoms with E-state index in [4.69, 9.17) is 20.2 Å². The number of methoxy groups -OCH3 is 2. The van der Waals surface area contributed by atoms with E-state index < -0.39 is 5.79 Å². The number of ether oxygens (including phenoxy) is 2. The lowest BCUT2D eigenvalue weighted by Gasteiger charge is -2.32. The van der Waals surface area contributed by atoms with Gasteiger partial charge in [-0.1, -0.05) is 13.0 Å². The van der Waals surface area contributed by atoms with Crippen molar-refractivity contribution in [3.05, 3.63) is 77.2 Å². The summed E-state index contributed by atoms with van der Waals surface area (Å²) in [7, 11) is 3.23. The van der Waals surface area contributed by atoms with Crippen molar-refractivity contribution in [3.63, 3.8) is 0 Å². The molecule has 9 nitrogen and oxygen atoms in total. The first-order valence-corrected chi connectivity index (χ1v) is 12.2. The largest absolute Gasteiger partial charge is 0.497 e. The number of amidine groups is 1. The normalized spacial score (nSPS) is 19.0. The highest BCUT2D eigenvalue weighted by Crippen LogP contribution is 2.32. The van der Waals surface area contributed by atoms with Crippen molar-refractivity contribution in [2.24, 2.45) is 10.7 Å². The third kappa shape index (κ3) is 4.80. The zero-order valence-corrected chi connectivity index (χ0v) is 21.0. The first kappa shape index (κ1) is 23.9. The van der Waals surface area contributed by atoms with E-state index in [1.807, 2.05) is 41.5 Å². The first-order valence-electron chi connectivity index (χ1n) is 12.2. The molecule has 3 aromatic rings. The number of nitrogens with one attached hydrogen (secondary N) is 3. The second-order valence-corrected chi connectivity index (χ2v) is 9.06. The molecule has 0 aliphatic carbocycles. The smallest absolute Gasteiger partial charge is 0.211 e. The van der Waals surface area contributed by atoms with Crippen molar-refractivity contribution in [2.45, 2.75) is 38.6 Å². The number of nitrogens with two attached hydrogens (primary N) is 1. The van der Waals surface area contributed by atoms with E-state index >= 15 is 0 Å². The zero-order chi connectivity index (χ0) is 25.1. The number of aryl methyl sites for hydroxylation is 1. The Kier molecular flexibility index (Phi) is 6.67. The molecule has 0 bridgehead atoms. The van der Waals surface area contributed by atoms with E-state index in [0.717, 1.165) is 49.3 Å². The number of benzene rings is 2. The van der Waals surface area contributed by atoms with Gasteiger partial charge in [0, 0.05) is 53.9 Å². The maximum Gasteiger partial charge on any atom is 0.211 e. The summed E-state index contributed by atoms with van der Waals surface area (Å²) >= 11 is 0. The fourth-order valence-corrected chi connectivity index (χ4v) is 4.56. The molecule has 0 amide bonds. The minimum atomic E-state index is -1.23. The van der Waals surface area contributed by atoms with Gasteiger partial charge in [-0.2, -0.15) is 5.10 Å². The first-order chi connectivity index (χ1) is 17.5. The average molecular weight is 488 g/mol. The summed E-state index contributed by atoms with van der Waals surface area (Å²) in [6.45, 7) is 4.85. The molecule has 5 N–H and O–H groups in total. The Bertz CT molecular complexity index is 1290. The van der Waals surface area contributed by atoms with Gasteiger partial charge in [-0.25, -0.2) is 4.99 Å². The van der Waals surface area contributed by atoms with Crippen LogP contribution in [0, 0.1) is 0 Å². The van der Waals surface area contributed by atoms with Gasteiger partial charge in [-0.15, -0.1) is 0 Å². The van der Waals surface area contributed by atoms with Crippen LogP contribution in [0.2, 0.25) is 0 Å². The summed E-state index contributed by atoms with van der Waals surface area (Å²) in [5, 5.41) is 14.8. The minimum absolute atomic E-state index is 0.637. The highest BCUT2D eigenvalue weighted by atomic mass is 16.5. The van der Waals surface area contributed by atoms with Crippen LogP contribution in [0.4, 0.5) is 5.69 Å². The molecule has 2 aliphatic heterocycles. The molecule has 0 radical (unpaired) electrons. The number of fused-ring (bicyclic) bond motifs is 1. The Labute approximate surface area is 211 Å². The van der Waals surface area contributed by atoms with Crippen LogP contribution in [0.3, 0.4) is 0 Å². The Hall–Kier alpha value is -3.82. The van der Waals surface area contributed by atoms with Gasteiger partial charge in [-0.05, 0) is 54.8 Å². The second kappa shape index (κ2) is 10.0. The van der Waals surface area contributed by atoms with Crippen molar-refractivity contribution in [1.82, 2.24) is 20.4 Å². The SMILES string of the molecule is CCCn1cc(C2=CNC(N)(c3cc(OC)cc(OC)c3)N=C2Nc2ccc3c(c2)CNCC3)cn1. The lowest BCUT2D eigenvalue weighted by molar-refractivity contribution is 0.377. The predicted molar refractivity (Wildman–Crippen MR) is 142 cm³/mol. The number of anilines is 1. The van der Waals surface area contributed by atoms with Crippen LogP contribution < -0.4 is 31.2 Å². The van der Waals surface area contributed by atoms with Gasteiger partial charge >= 0.3 is 0 Å². The fourth-order valence-electron chi connectivity index (χ4n) is 4.56. The molecular weight excluding hydrogens is 454 g/mol. The van der Waals surface area contributed by atoms with Crippen molar-refractivity contribution < 1.29 is 9.47 Å². The van der Waals surface area contributed by atoms with E-state index in [-0.39, 0.29) is 0 Å². The monoisotopic (exact) mass is 487 g/mol. The number of rotatable bonds is 7. The number of aromatic nitrogens is 2. The summed E-state index contributed by atoms with van der Waals surface area (Å²) in [6.07, 6.45) is 7.82. The Morgan fingerprint density at radius 2 is 1.92 bits per heavy atom. The van der Waals surface area contributed by atoms with Gasteiger partial charge in [0.1, 0.15) is 17.3 Å². The highest BCUT2D eigenvalue weighted by Gasteiger charge is 2.32. The van der Waals surface area contributed by atoms with Crippen LogP contribution in [0.1, 0.15) is 35.6 Å². The maximum absolute atomic E-state index is 6.85. The number of aliphatic imine (C=N–C) groups is 1. The van der Waals surface area contributed by atoms with Crippen molar-refractivity contribution in [1.29, 1.82) is 0 Å². The van der Waals surface area contributed by atoms with E-state index in [0.29, 0.717) is 22.9 Å². The molecule has 9 heteroatoms. The van der Waals surface area contributed by atoms with Gasteiger partial charge in [0.25, 0.3) is 0 Å². The average Bonchev–Trinajstić information content (AvgIpc) is 3.37. The van der Waals surface area contributed by atoms with Crippen LogP contribution in [-0.2, 0) is 25.3 Å². The van der Waals surface area contributed by atoms with Gasteiger partial charge in [0.2, 0.25) is 5.79 Å². The number of hydrogen-bond donors (Lipinski definition) is 4. The van der Waals surface area contributed by atoms with Crippen LogP contribution in [0.15, 0.2) is 60.0 Å². The zero-order valence-electron chi connectivity index (χ0n) is 21.0. The highest BCUT2D eigenvalue weighted by molar-refractivity contribution is 6.28. The van der Waals surface area contributed by atoms with E-state index in [1.54, 1.807) is 14.2 Å². The molecular formula is C27H33N7O2. The molecule has 0 spiro atoms. The molecule has 36 heavy (non-hydrogen) atoms. The predicted octanol–water partition coefficient (Wildman–Crippen LogP) is 3.18. The van der Waals surface area contributed by atoms with Crippen LogP contribution in [-0.4, -0.2) is 36.4 Å². The molecule has 0 saturated heterocycles. The number of nitrogens with zero attached hydrogens (tertiary/aromatic N) is 3. The molecule has 2 aromatic carbocycles. The molecule has 188 valence electrons. The van der Waals surface area contributed by atoms with Crippen LogP contribution in [0.25, 0.3) is 5.57 Å². The molecule has 0 fully saturated rings. The fraction of sp³-hybridized carbons (Fsp3) is 0.333. The van der Waals surface area contributed by atoms with Crippen molar-refractivity contribution in [3.8, 4) is 11.5 Å². The Morgan fingerprint density at radius 3 is 2.67 bits per heavy atom. The third-order valence-electron chi connectivity index (χ3n) is 6.52. The standard InChI is InChI=1S/C27H33N7O2/c1-4-9-34-17-20(15-31-34)25-16-30-27(28,21-11-23(35-2)13-24(12-21)36-3)33-26(25)32-22-6-5-18-7-8-29-14-19(18)10-22/h5-6,10-13,15-17,29-30H,4,7-9,14,28H2,1-3H3,(H,32,33). The quantitative estimate of drug-likeness (QED) is 0.405. The molecule has 5 rings (SSSR count). The summed E-state index contributed by atoms with van der Waals surface area (Å²) in [6, 6.07) is 12.0. The van der Waals surface area contributed by atoms with Gasteiger partial charge in [0.05, 0.1) is 20.4 Å². The summed E-state index contributed by atoms with van der Waals surface area (Å²) in [4.78, 5) is 5.00. The Morgan fingerprint density at radius 1 is 1.11 bits per heavy atom. The molecule has 3 heterocycles. The second-order valence-electron chi connectivity index (χ2n) is 9.06. The molecule has 0 saturated carbocycles.